The van der Waals surface area contributed by atoms with Gasteiger partial charge in [-0.05, 0) is 50.9 Å². The van der Waals surface area contributed by atoms with Gasteiger partial charge < -0.3 is 15.8 Å². The van der Waals surface area contributed by atoms with Crippen molar-refractivity contribution in [2.45, 2.75) is 45.4 Å². The van der Waals surface area contributed by atoms with Crippen molar-refractivity contribution in [1.82, 2.24) is 10.2 Å². The first kappa shape index (κ1) is 24.1. The number of carbonyl (C=O) groups excluding carboxylic acids is 1. The van der Waals surface area contributed by atoms with Crippen molar-refractivity contribution >= 4 is 30.7 Å². The van der Waals surface area contributed by atoms with E-state index in [9.17, 15) is 4.79 Å². The van der Waals surface area contributed by atoms with Gasteiger partial charge in [-0.3, -0.25) is 9.69 Å². The molecule has 1 fully saturated rings. The molecule has 144 valence electrons. The number of hydrogen-bond acceptors (Lipinski definition) is 4. The molecule has 2 atom stereocenters. The van der Waals surface area contributed by atoms with Gasteiger partial charge in [0.15, 0.2) is 0 Å². The molecular weight excluding hydrogens is 361 g/mol. The number of halogens is 2. The van der Waals surface area contributed by atoms with Crippen molar-refractivity contribution in [3.63, 3.8) is 0 Å². The van der Waals surface area contributed by atoms with Crippen LogP contribution in [0.1, 0.15) is 42.6 Å². The van der Waals surface area contributed by atoms with Crippen LogP contribution in [0.5, 0.6) is 0 Å². The highest BCUT2D eigenvalue weighted by atomic mass is 35.5. The Morgan fingerprint density at radius 1 is 1.16 bits per heavy atom. The van der Waals surface area contributed by atoms with Gasteiger partial charge in [-0.2, -0.15) is 0 Å². The first-order valence-corrected chi connectivity index (χ1v) is 8.53. The van der Waals surface area contributed by atoms with Crippen LogP contribution in [0, 0.1) is 0 Å². The van der Waals surface area contributed by atoms with Gasteiger partial charge in [0.25, 0.3) is 5.91 Å². The van der Waals surface area contributed by atoms with Crippen molar-refractivity contribution in [3.05, 3.63) is 35.4 Å². The van der Waals surface area contributed by atoms with Gasteiger partial charge in [-0.1, -0.05) is 12.1 Å². The topological polar surface area (TPSA) is 67.6 Å². The summed E-state index contributed by atoms with van der Waals surface area (Å²) in [7, 11) is 0. The third-order valence-electron chi connectivity index (χ3n) is 4.13. The molecule has 1 amide bonds. The number of nitrogens with zero attached hydrogens (tertiary/aromatic N) is 1. The molecule has 2 unspecified atom stereocenters. The number of benzene rings is 1. The second-order valence-electron chi connectivity index (χ2n) is 6.38. The molecule has 7 heteroatoms. The van der Waals surface area contributed by atoms with Crippen LogP contribution in [0.2, 0.25) is 0 Å². The van der Waals surface area contributed by atoms with Crippen molar-refractivity contribution in [2.24, 2.45) is 5.73 Å². The maximum absolute atomic E-state index is 12.0. The lowest BCUT2D eigenvalue weighted by molar-refractivity contribution is -0.0681. The molecule has 1 aromatic carbocycles. The number of amides is 1. The molecule has 0 spiro atoms. The lowest BCUT2D eigenvalue weighted by Gasteiger charge is -2.35. The SMILES string of the molecule is CC1CN(CCCCNC(=O)c2ccc(CN)cc2)CC(C)O1.Cl.Cl. The molecule has 1 heterocycles. The Balaban J connectivity index is 0.00000288. The summed E-state index contributed by atoms with van der Waals surface area (Å²) < 4.78 is 5.73. The van der Waals surface area contributed by atoms with E-state index in [0.29, 0.717) is 30.9 Å². The van der Waals surface area contributed by atoms with E-state index in [1.807, 2.05) is 24.3 Å². The molecule has 25 heavy (non-hydrogen) atoms. The number of carbonyl (C=O) groups is 1. The van der Waals surface area contributed by atoms with Crippen LogP contribution in [0.25, 0.3) is 0 Å². The average Bonchev–Trinajstić information content (AvgIpc) is 2.53. The molecule has 0 bridgehead atoms. The number of morpholine rings is 1. The maximum Gasteiger partial charge on any atom is 0.251 e. The molecule has 1 saturated heterocycles. The smallest absolute Gasteiger partial charge is 0.251 e. The molecule has 0 radical (unpaired) electrons. The average molecular weight is 392 g/mol. The minimum Gasteiger partial charge on any atom is -0.373 e. The van der Waals surface area contributed by atoms with E-state index in [4.69, 9.17) is 10.5 Å². The van der Waals surface area contributed by atoms with Crippen LogP contribution < -0.4 is 11.1 Å². The fourth-order valence-corrected chi connectivity index (χ4v) is 3.02. The number of nitrogens with two attached hydrogens (primary N) is 1. The van der Waals surface area contributed by atoms with Gasteiger partial charge in [0.05, 0.1) is 12.2 Å². The summed E-state index contributed by atoms with van der Waals surface area (Å²) in [6.07, 6.45) is 2.71. The van der Waals surface area contributed by atoms with E-state index in [2.05, 4.69) is 24.1 Å². The number of unbranched alkanes of at least 4 members (excludes halogenated alkanes) is 1. The predicted molar refractivity (Wildman–Crippen MR) is 107 cm³/mol. The van der Waals surface area contributed by atoms with Crippen molar-refractivity contribution in [1.29, 1.82) is 0 Å². The zero-order valence-corrected chi connectivity index (χ0v) is 16.7. The van der Waals surface area contributed by atoms with Gasteiger partial charge in [-0.15, -0.1) is 24.8 Å². The van der Waals surface area contributed by atoms with E-state index in [0.717, 1.165) is 38.0 Å². The highest BCUT2D eigenvalue weighted by molar-refractivity contribution is 5.94. The largest absolute Gasteiger partial charge is 0.373 e. The van der Waals surface area contributed by atoms with Gasteiger partial charge in [0.1, 0.15) is 0 Å². The van der Waals surface area contributed by atoms with Crippen molar-refractivity contribution in [2.75, 3.05) is 26.2 Å². The molecular formula is C18H31Cl2N3O2. The van der Waals surface area contributed by atoms with Gasteiger partial charge in [0, 0.05) is 31.7 Å². The van der Waals surface area contributed by atoms with Crippen LogP contribution >= 0.6 is 24.8 Å². The second kappa shape index (κ2) is 12.5. The lowest BCUT2D eigenvalue weighted by atomic mass is 10.1. The minimum absolute atomic E-state index is 0. The molecule has 3 N–H and O–H groups in total. The lowest BCUT2D eigenvalue weighted by Crippen LogP contribution is -2.45. The van der Waals surface area contributed by atoms with Crippen molar-refractivity contribution in [3.8, 4) is 0 Å². The van der Waals surface area contributed by atoms with Crippen LogP contribution in [-0.2, 0) is 11.3 Å². The Labute approximate surface area is 163 Å². The molecule has 2 rings (SSSR count). The Kier molecular flexibility index (Phi) is 12.1. The number of rotatable bonds is 7. The quantitative estimate of drug-likeness (QED) is 0.700. The molecule has 1 aliphatic rings. The fraction of sp³-hybridized carbons (Fsp3) is 0.611. The van der Waals surface area contributed by atoms with Gasteiger partial charge in [0.2, 0.25) is 0 Å². The first-order chi connectivity index (χ1) is 11.1. The first-order valence-electron chi connectivity index (χ1n) is 8.53. The molecule has 0 aromatic heterocycles. The highest BCUT2D eigenvalue weighted by Crippen LogP contribution is 2.11. The summed E-state index contributed by atoms with van der Waals surface area (Å²) in [5, 5.41) is 2.98. The maximum atomic E-state index is 12.0. The van der Waals surface area contributed by atoms with E-state index in [-0.39, 0.29) is 30.7 Å². The standard InChI is InChI=1S/C18H29N3O2.2ClH/c1-14-12-21(13-15(2)23-14)10-4-3-9-20-18(22)17-7-5-16(11-19)6-8-17;;/h5-8,14-15H,3-4,9-13,19H2,1-2H3,(H,20,22);2*1H. The number of hydrogen-bond donors (Lipinski definition) is 2. The summed E-state index contributed by atoms with van der Waals surface area (Å²) >= 11 is 0. The normalized spacial score (nSPS) is 20.3. The zero-order valence-electron chi connectivity index (χ0n) is 15.1. The molecule has 0 saturated carbocycles. The summed E-state index contributed by atoms with van der Waals surface area (Å²) in [5.41, 5.74) is 7.29. The summed E-state index contributed by atoms with van der Waals surface area (Å²) in [5.74, 6) is -0.0119. The molecule has 1 aliphatic heterocycles. The minimum atomic E-state index is -0.0119. The third kappa shape index (κ3) is 8.38. The summed E-state index contributed by atoms with van der Waals surface area (Å²) in [6.45, 7) is 8.54. The number of ether oxygens (including phenoxy) is 1. The molecule has 1 aromatic rings. The Morgan fingerprint density at radius 2 is 1.76 bits per heavy atom. The summed E-state index contributed by atoms with van der Waals surface area (Å²) in [4.78, 5) is 14.5. The van der Waals surface area contributed by atoms with E-state index in [1.54, 1.807) is 0 Å². The van der Waals surface area contributed by atoms with Crippen molar-refractivity contribution < 1.29 is 9.53 Å². The third-order valence-corrected chi connectivity index (χ3v) is 4.13. The van der Waals surface area contributed by atoms with Gasteiger partial charge in [-0.25, -0.2) is 0 Å². The molecule has 0 aliphatic carbocycles. The van der Waals surface area contributed by atoms with Crippen LogP contribution in [-0.4, -0.2) is 49.2 Å². The van der Waals surface area contributed by atoms with Crippen LogP contribution in [0.15, 0.2) is 24.3 Å². The van der Waals surface area contributed by atoms with E-state index >= 15 is 0 Å². The predicted octanol–water partition coefficient (Wildman–Crippen LogP) is 2.61. The fourth-order valence-electron chi connectivity index (χ4n) is 3.02. The highest BCUT2D eigenvalue weighted by Gasteiger charge is 2.21. The van der Waals surface area contributed by atoms with Crippen LogP contribution in [0.3, 0.4) is 0 Å². The second-order valence-corrected chi connectivity index (χ2v) is 6.38. The monoisotopic (exact) mass is 391 g/mol. The number of nitrogens with one attached hydrogen (secondary N) is 1. The van der Waals surface area contributed by atoms with Gasteiger partial charge >= 0.3 is 0 Å². The molecule has 5 nitrogen and oxygen atoms in total. The Morgan fingerprint density at radius 3 is 2.32 bits per heavy atom. The van der Waals surface area contributed by atoms with E-state index < -0.39 is 0 Å². The Bertz CT molecular complexity index is 490. The van der Waals surface area contributed by atoms with E-state index in [1.165, 1.54) is 0 Å². The zero-order chi connectivity index (χ0) is 16.7. The summed E-state index contributed by atoms with van der Waals surface area (Å²) in [6, 6.07) is 7.45. The van der Waals surface area contributed by atoms with Crippen LogP contribution in [0.4, 0.5) is 0 Å². The Hall–Kier alpha value is -0.850.